The monoisotopic (exact) mass is 317 g/mol. The zero-order valence-electron chi connectivity index (χ0n) is 10.9. The highest BCUT2D eigenvalue weighted by Gasteiger charge is 2.02. The van der Waals surface area contributed by atoms with E-state index < -0.39 is 0 Å². The largest absolute Gasteiger partial charge is 0.466 e. The smallest absolute Gasteiger partial charge is 0.189 e. The van der Waals surface area contributed by atoms with E-state index >= 15 is 0 Å². The normalized spacial score (nSPS) is 10.6. The number of nitrogens with one attached hydrogen (secondary N) is 1. The lowest BCUT2D eigenvalue weighted by atomic mass is 10.2. The SMILES string of the molecule is CCOCOc1ccc(CNCCOC)cc1Br. The molecule has 102 valence electrons. The van der Waals surface area contributed by atoms with Crippen LogP contribution >= 0.6 is 15.9 Å². The molecule has 1 aromatic carbocycles. The van der Waals surface area contributed by atoms with Crippen LogP contribution in [-0.2, 0) is 16.0 Å². The molecule has 0 bridgehead atoms. The molecule has 4 nitrogen and oxygen atoms in total. The highest BCUT2D eigenvalue weighted by molar-refractivity contribution is 9.10. The third-order valence-corrected chi connectivity index (χ3v) is 2.93. The van der Waals surface area contributed by atoms with Gasteiger partial charge in [-0.2, -0.15) is 0 Å². The van der Waals surface area contributed by atoms with Crippen molar-refractivity contribution in [2.75, 3.05) is 33.7 Å². The second-order valence-electron chi connectivity index (χ2n) is 3.69. The third-order valence-electron chi connectivity index (χ3n) is 2.31. The summed E-state index contributed by atoms with van der Waals surface area (Å²) < 4.78 is 16.5. The number of hydrogen-bond donors (Lipinski definition) is 1. The summed E-state index contributed by atoms with van der Waals surface area (Å²) in [6.45, 7) is 5.24. The third kappa shape index (κ3) is 5.82. The molecular formula is C13H20BrNO3. The van der Waals surface area contributed by atoms with E-state index in [0.717, 1.165) is 29.9 Å². The highest BCUT2D eigenvalue weighted by atomic mass is 79.9. The molecule has 1 aromatic rings. The van der Waals surface area contributed by atoms with Crippen LogP contribution in [0.15, 0.2) is 22.7 Å². The Balaban J connectivity index is 2.41. The molecule has 0 atom stereocenters. The molecule has 0 aliphatic rings. The molecule has 0 fully saturated rings. The fourth-order valence-corrected chi connectivity index (χ4v) is 1.91. The van der Waals surface area contributed by atoms with Crippen LogP contribution in [0.3, 0.4) is 0 Å². The fourth-order valence-electron chi connectivity index (χ4n) is 1.37. The molecular weight excluding hydrogens is 298 g/mol. The standard InChI is InChI=1S/C13H20BrNO3/c1-3-17-10-18-13-5-4-11(8-12(13)14)9-15-6-7-16-2/h4-5,8,15H,3,6-7,9-10H2,1-2H3. The molecule has 5 heteroatoms. The van der Waals surface area contributed by atoms with Gasteiger partial charge < -0.3 is 19.5 Å². The first-order valence-corrected chi connectivity index (χ1v) is 6.75. The van der Waals surface area contributed by atoms with Crippen molar-refractivity contribution >= 4 is 15.9 Å². The van der Waals surface area contributed by atoms with Crippen LogP contribution in [0.1, 0.15) is 12.5 Å². The van der Waals surface area contributed by atoms with Crippen LogP contribution in [0.25, 0.3) is 0 Å². The molecule has 0 spiro atoms. The second-order valence-corrected chi connectivity index (χ2v) is 4.54. The lowest BCUT2D eigenvalue weighted by Gasteiger charge is -2.10. The van der Waals surface area contributed by atoms with E-state index in [2.05, 4.69) is 21.2 Å². The van der Waals surface area contributed by atoms with Crippen LogP contribution in [0, 0.1) is 0 Å². The van der Waals surface area contributed by atoms with Crippen LogP contribution in [0.5, 0.6) is 5.75 Å². The van der Waals surface area contributed by atoms with Crippen molar-refractivity contribution in [1.29, 1.82) is 0 Å². The molecule has 1 rings (SSSR count). The molecule has 0 amide bonds. The van der Waals surface area contributed by atoms with Crippen molar-refractivity contribution in [2.24, 2.45) is 0 Å². The van der Waals surface area contributed by atoms with Crippen molar-refractivity contribution in [3.63, 3.8) is 0 Å². The number of benzene rings is 1. The number of methoxy groups -OCH3 is 1. The van der Waals surface area contributed by atoms with Crippen molar-refractivity contribution in [1.82, 2.24) is 5.32 Å². The van der Waals surface area contributed by atoms with Gasteiger partial charge in [-0.3, -0.25) is 0 Å². The Bertz CT molecular complexity index is 347. The number of rotatable bonds is 9. The van der Waals surface area contributed by atoms with E-state index in [9.17, 15) is 0 Å². The number of halogens is 1. The van der Waals surface area contributed by atoms with Crippen molar-refractivity contribution < 1.29 is 14.2 Å². The van der Waals surface area contributed by atoms with Gasteiger partial charge in [-0.25, -0.2) is 0 Å². The maximum atomic E-state index is 5.47. The van der Waals surface area contributed by atoms with E-state index in [1.807, 2.05) is 25.1 Å². The van der Waals surface area contributed by atoms with Crippen LogP contribution in [0.2, 0.25) is 0 Å². The summed E-state index contributed by atoms with van der Waals surface area (Å²) in [5.74, 6) is 0.795. The summed E-state index contributed by atoms with van der Waals surface area (Å²) in [7, 11) is 1.70. The molecule has 0 radical (unpaired) electrons. The van der Waals surface area contributed by atoms with E-state index in [-0.39, 0.29) is 6.79 Å². The summed E-state index contributed by atoms with van der Waals surface area (Å²) in [6, 6.07) is 6.02. The summed E-state index contributed by atoms with van der Waals surface area (Å²) >= 11 is 3.49. The first-order valence-electron chi connectivity index (χ1n) is 5.96. The fraction of sp³-hybridized carbons (Fsp3) is 0.538. The van der Waals surface area contributed by atoms with Gasteiger partial charge in [-0.05, 0) is 40.5 Å². The van der Waals surface area contributed by atoms with Gasteiger partial charge in [-0.15, -0.1) is 0 Å². The zero-order chi connectivity index (χ0) is 13.2. The van der Waals surface area contributed by atoms with Crippen LogP contribution in [0.4, 0.5) is 0 Å². The average Bonchev–Trinajstić information content (AvgIpc) is 2.37. The van der Waals surface area contributed by atoms with Gasteiger partial charge in [0.15, 0.2) is 6.79 Å². The lowest BCUT2D eigenvalue weighted by molar-refractivity contribution is 0.0219. The minimum absolute atomic E-state index is 0.278. The van der Waals surface area contributed by atoms with Crippen molar-refractivity contribution in [2.45, 2.75) is 13.5 Å². The topological polar surface area (TPSA) is 39.7 Å². The average molecular weight is 318 g/mol. The number of hydrogen-bond acceptors (Lipinski definition) is 4. The van der Waals surface area contributed by atoms with Gasteiger partial charge >= 0.3 is 0 Å². The molecule has 18 heavy (non-hydrogen) atoms. The molecule has 0 heterocycles. The van der Waals surface area contributed by atoms with Gasteiger partial charge in [0.1, 0.15) is 5.75 Å². The second kappa shape index (κ2) is 9.33. The predicted molar refractivity (Wildman–Crippen MR) is 74.8 cm³/mol. The van der Waals surface area contributed by atoms with Gasteiger partial charge in [0.25, 0.3) is 0 Å². The number of ether oxygens (including phenoxy) is 3. The summed E-state index contributed by atoms with van der Waals surface area (Å²) in [4.78, 5) is 0. The lowest BCUT2D eigenvalue weighted by Crippen LogP contribution is -2.18. The van der Waals surface area contributed by atoms with Gasteiger partial charge in [0, 0.05) is 26.8 Å². The van der Waals surface area contributed by atoms with Gasteiger partial charge in [0.2, 0.25) is 0 Å². The Morgan fingerprint density at radius 3 is 2.83 bits per heavy atom. The Labute approximate surface area is 117 Å². The first-order chi connectivity index (χ1) is 8.77. The summed E-state index contributed by atoms with van der Waals surface area (Å²) in [6.07, 6.45) is 0. The minimum atomic E-state index is 0.278. The Hall–Kier alpha value is -0.620. The zero-order valence-corrected chi connectivity index (χ0v) is 12.5. The van der Waals surface area contributed by atoms with E-state index in [1.54, 1.807) is 7.11 Å². The maximum Gasteiger partial charge on any atom is 0.189 e. The van der Waals surface area contributed by atoms with E-state index in [4.69, 9.17) is 14.2 Å². The quantitative estimate of drug-likeness (QED) is 0.561. The summed E-state index contributed by atoms with van der Waals surface area (Å²) in [5.41, 5.74) is 1.20. The molecule has 1 N–H and O–H groups in total. The van der Waals surface area contributed by atoms with Gasteiger partial charge in [-0.1, -0.05) is 6.07 Å². The maximum absolute atomic E-state index is 5.47. The Morgan fingerprint density at radius 2 is 2.17 bits per heavy atom. The molecule has 0 saturated carbocycles. The van der Waals surface area contributed by atoms with E-state index in [0.29, 0.717) is 6.61 Å². The van der Waals surface area contributed by atoms with Crippen LogP contribution < -0.4 is 10.1 Å². The minimum Gasteiger partial charge on any atom is -0.466 e. The van der Waals surface area contributed by atoms with Crippen molar-refractivity contribution in [3.8, 4) is 5.75 Å². The molecule has 0 aromatic heterocycles. The Morgan fingerprint density at radius 1 is 1.33 bits per heavy atom. The highest BCUT2D eigenvalue weighted by Crippen LogP contribution is 2.25. The molecule has 0 saturated heterocycles. The Kier molecular flexibility index (Phi) is 8.00. The molecule has 0 aliphatic carbocycles. The van der Waals surface area contributed by atoms with E-state index in [1.165, 1.54) is 5.56 Å². The van der Waals surface area contributed by atoms with Crippen molar-refractivity contribution in [3.05, 3.63) is 28.2 Å². The van der Waals surface area contributed by atoms with Gasteiger partial charge in [0.05, 0.1) is 11.1 Å². The molecule has 0 aliphatic heterocycles. The first kappa shape index (κ1) is 15.4. The predicted octanol–water partition coefficient (Wildman–Crippen LogP) is 2.56. The van der Waals surface area contributed by atoms with Crippen LogP contribution in [-0.4, -0.2) is 33.7 Å². The molecule has 0 unspecified atom stereocenters. The summed E-state index contributed by atoms with van der Waals surface area (Å²) in [5, 5.41) is 3.29.